The van der Waals surface area contributed by atoms with Crippen LogP contribution in [-0.4, -0.2) is 51.6 Å². The number of benzene rings is 1. The molecular formula is C14H20N2O4S. The molecule has 116 valence electrons. The molecule has 0 aromatic heterocycles. The average molecular weight is 312 g/mol. The molecule has 1 amide bonds. The number of sulfonamides is 1. The Morgan fingerprint density at radius 3 is 2.76 bits per heavy atom. The van der Waals surface area contributed by atoms with Gasteiger partial charge in [-0.25, -0.2) is 13.1 Å². The van der Waals surface area contributed by atoms with Gasteiger partial charge in [0.15, 0.2) is 0 Å². The van der Waals surface area contributed by atoms with Gasteiger partial charge in [-0.05, 0) is 5.56 Å². The highest BCUT2D eigenvalue weighted by Crippen LogP contribution is 2.07. The predicted molar refractivity (Wildman–Crippen MR) is 79.1 cm³/mol. The molecule has 0 spiro atoms. The van der Waals surface area contributed by atoms with Crippen LogP contribution in [0.5, 0.6) is 0 Å². The zero-order valence-electron chi connectivity index (χ0n) is 12.0. The van der Waals surface area contributed by atoms with E-state index in [2.05, 4.69) is 4.72 Å². The standard InChI is InChI=1S/C14H20N2O4S/c1-12(17)16-7-8-20-14(10-16)9-15-21(18,19)11-13-5-3-2-4-6-13/h2-6,14-15H,7-11H2,1H3/t14-/m0/s1. The molecule has 0 bridgehead atoms. The maximum Gasteiger partial charge on any atom is 0.219 e. The second-order valence-corrected chi connectivity index (χ2v) is 6.86. The van der Waals surface area contributed by atoms with Gasteiger partial charge in [-0.1, -0.05) is 30.3 Å². The van der Waals surface area contributed by atoms with Crippen LogP contribution in [0.1, 0.15) is 12.5 Å². The Morgan fingerprint density at radius 2 is 2.10 bits per heavy atom. The molecule has 0 radical (unpaired) electrons. The van der Waals surface area contributed by atoms with Crippen molar-refractivity contribution >= 4 is 15.9 Å². The highest BCUT2D eigenvalue weighted by atomic mass is 32.2. The summed E-state index contributed by atoms with van der Waals surface area (Å²) in [4.78, 5) is 13.0. The van der Waals surface area contributed by atoms with E-state index in [1.807, 2.05) is 6.07 Å². The number of amides is 1. The summed E-state index contributed by atoms with van der Waals surface area (Å²) in [6.07, 6.45) is -0.298. The monoisotopic (exact) mass is 312 g/mol. The van der Waals surface area contributed by atoms with Crippen molar-refractivity contribution in [2.75, 3.05) is 26.2 Å². The van der Waals surface area contributed by atoms with Crippen LogP contribution in [0.15, 0.2) is 30.3 Å². The van der Waals surface area contributed by atoms with Gasteiger partial charge in [0.1, 0.15) is 0 Å². The van der Waals surface area contributed by atoms with Crippen molar-refractivity contribution in [3.8, 4) is 0 Å². The zero-order chi connectivity index (χ0) is 15.3. The van der Waals surface area contributed by atoms with E-state index in [1.54, 1.807) is 29.2 Å². The Labute approximate surface area is 125 Å². The molecule has 1 N–H and O–H groups in total. The lowest BCUT2D eigenvalue weighted by atomic mass is 10.2. The van der Waals surface area contributed by atoms with E-state index in [9.17, 15) is 13.2 Å². The Bertz CT molecular complexity index is 574. The summed E-state index contributed by atoms with van der Waals surface area (Å²) >= 11 is 0. The minimum Gasteiger partial charge on any atom is -0.373 e. The number of nitrogens with zero attached hydrogens (tertiary/aromatic N) is 1. The molecule has 6 nitrogen and oxygen atoms in total. The van der Waals surface area contributed by atoms with Crippen LogP contribution in [0.4, 0.5) is 0 Å². The smallest absolute Gasteiger partial charge is 0.219 e. The number of rotatable bonds is 5. The normalized spacial score (nSPS) is 19.5. The molecule has 7 heteroatoms. The SMILES string of the molecule is CC(=O)N1CCO[C@@H](CNS(=O)(=O)Cc2ccccc2)C1. The van der Waals surface area contributed by atoms with Gasteiger partial charge in [0.25, 0.3) is 0 Å². The number of carbonyl (C=O) groups excluding carboxylic acids is 1. The van der Waals surface area contributed by atoms with Crippen molar-refractivity contribution in [3.05, 3.63) is 35.9 Å². The van der Waals surface area contributed by atoms with E-state index in [4.69, 9.17) is 4.74 Å². The third-order valence-corrected chi connectivity index (χ3v) is 4.63. The van der Waals surface area contributed by atoms with Crippen LogP contribution in [0.25, 0.3) is 0 Å². The average Bonchev–Trinajstić information content (AvgIpc) is 2.46. The molecule has 0 unspecified atom stereocenters. The van der Waals surface area contributed by atoms with Crippen LogP contribution in [0, 0.1) is 0 Å². The summed E-state index contributed by atoms with van der Waals surface area (Å²) in [7, 11) is -3.41. The maximum atomic E-state index is 12.0. The first-order valence-corrected chi connectivity index (χ1v) is 8.50. The molecule has 1 heterocycles. The fourth-order valence-corrected chi connectivity index (χ4v) is 3.37. The first-order chi connectivity index (χ1) is 9.96. The van der Waals surface area contributed by atoms with Crippen molar-refractivity contribution in [1.82, 2.24) is 9.62 Å². The summed E-state index contributed by atoms with van der Waals surface area (Å²) < 4.78 is 32.1. The predicted octanol–water partition coefficient (Wildman–Crippen LogP) is 0.353. The van der Waals surface area contributed by atoms with E-state index < -0.39 is 10.0 Å². The zero-order valence-corrected chi connectivity index (χ0v) is 12.8. The van der Waals surface area contributed by atoms with Crippen LogP contribution in [0.3, 0.4) is 0 Å². The Balaban J connectivity index is 1.85. The number of hydrogen-bond donors (Lipinski definition) is 1. The van der Waals surface area contributed by atoms with Gasteiger partial charge in [-0.3, -0.25) is 4.79 Å². The van der Waals surface area contributed by atoms with E-state index >= 15 is 0 Å². The minimum atomic E-state index is -3.41. The quantitative estimate of drug-likeness (QED) is 0.851. The van der Waals surface area contributed by atoms with Crippen LogP contribution in [-0.2, 0) is 25.3 Å². The number of hydrogen-bond acceptors (Lipinski definition) is 4. The lowest BCUT2D eigenvalue weighted by Gasteiger charge is -2.32. The molecule has 1 atom stereocenters. The topological polar surface area (TPSA) is 75.7 Å². The molecule has 0 aliphatic carbocycles. The molecule has 1 aliphatic heterocycles. The van der Waals surface area contributed by atoms with E-state index in [0.29, 0.717) is 19.7 Å². The lowest BCUT2D eigenvalue weighted by Crippen LogP contribution is -2.49. The number of carbonyl (C=O) groups is 1. The van der Waals surface area contributed by atoms with Crippen LogP contribution in [0.2, 0.25) is 0 Å². The van der Waals surface area contributed by atoms with Crippen molar-refractivity contribution in [2.24, 2.45) is 0 Å². The molecule has 21 heavy (non-hydrogen) atoms. The first-order valence-electron chi connectivity index (χ1n) is 6.84. The first kappa shape index (κ1) is 15.9. The van der Waals surface area contributed by atoms with E-state index in [0.717, 1.165) is 5.56 Å². The third-order valence-electron chi connectivity index (χ3n) is 3.31. The molecule has 1 aliphatic rings. The van der Waals surface area contributed by atoms with Crippen molar-refractivity contribution in [1.29, 1.82) is 0 Å². The van der Waals surface area contributed by atoms with Gasteiger partial charge in [0.2, 0.25) is 15.9 Å². The second-order valence-electron chi connectivity index (χ2n) is 5.05. The highest BCUT2D eigenvalue weighted by Gasteiger charge is 2.23. The minimum absolute atomic E-state index is 0.0181. The van der Waals surface area contributed by atoms with Crippen molar-refractivity contribution in [2.45, 2.75) is 18.8 Å². The molecule has 1 aromatic carbocycles. The van der Waals surface area contributed by atoms with Gasteiger partial charge < -0.3 is 9.64 Å². The van der Waals surface area contributed by atoms with E-state index in [1.165, 1.54) is 6.92 Å². The third kappa shape index (κ3) is 5.11. The van der Waals surface area contributed by atoms with Gasteiger partial charge in [-0.2, -0.15) is 0 Å². The second kappa shape index (κ2) is 7.02. The van der Waals surface area contributed by atoms with Crippen molar-refractivity contribution < 1.29 is 17.9 Å². The van der Waals surface area contributed by atoms with Crippen molar-refractivity contribution in [3.63, 3.8) is 0 Å². The number of nitrogens with one attached hydrogen (secondary N) is 1. The maximum absolute atomic E-state index is 12.0. The summed E-state index contributed by atoms with van der Waals surface area (Å²) in [5.74, 6) is -0.0767. The summed E-state index contributed by atoms with van der Waals surface area (Å²) in [6, 6.07) is 9.00. The highest BCUT2D eigenvalue weighted by molar-refractivity contribution is 7.88. The molecule has 1 saturated heterocycles. The summed E-state index contributed by atoms with van der Waals surface area (Å²) in [6.45, 7) is 3.09. The molecule has 1 fully saturated rings. The van der Waals surface area contributed by atoms with Gasteiger partial charge >= 0.3 is 0 Å². The Kier molecular flexibility index (Phi) is 5.33. The summed E-state index contributed by atoms with van der Waals surface area (Å²) in [5, 5.41) is 0. The number of morpholine rings is 1. The number of ether oxygens (including phenoxy) is 1. The molecule has 2 rings (SSSR count). The molecule has 0 saturated carbocycles. The molecular weight excluding hydrogens is 292 g/mol. The fraction of sp³-hybridized carbons (Fsp3) is 0.500. The van der Waals surface area contributed by atoms with Crippen LogP contribution < -0.4 is 4.72 Å². The largest absolute Gasteiger partial charge is 0.373 e. The van der Waals surface area contributed by atoms with Gasteiger partial charge in [0, 0.05) is 26.6 Å². The Morgan fingerprint density at radius 1 is 1.38 bits per heavy atom. The molecule has 1 aromatic rings. The Hall–Kier alpha value is -1.44. The summed E-state index contributed by atoms with van der Waals surface area (Å²) in [5.41, 5.74) is 0.736. The van der Waals surface area contributed by atoms with Crippen LogP contribution >= 0.6 is 0 Å². The lowest BCUT2D eigenvalue weighted by molar-refractivity contribution is -0.136. The van der Waals surface area contributed by atoms with Gasteiger partial charge in [0.05, 0.1) is 18.5 Å². The fourth-order valence-electron chi connectivity index (χ4n) is 2.19. The van der Waals surface area contributed by atoms with E-state index in [-0.39, 0.29) is 24.3 Å². The van der Waals surface area contributed by atoms with Gasteiger partial charge in [-0.15, -0.1) is 0 Å².